The van der Waals surface area contributed by atoms with E-state index in [9.17, 15) is 4.79 Å². The Hall–Kier alpha value is -1.71. The molecule has 0 bridgehead atoms. The fourth-order valence-corrected chi connectivity index (χ4v) is 1.47. The Labute approximate surface area is 82.3 Å². The zero-order valence-corrected chi connectivity index (χ0v) is 7.99. The maximum atomic E-state index is 11.5. The number of hydrogen-bond acceptors (Lipinski definition) is 3. The summed E-state index contributed by atoms with van der Waals surface area (Å²) >= 11 is 0. The van der Waals surface area contributed by atoms with Gasteiger partial charge in [0, 0.05) is 12.7 Å². The lowest BCUT2D eigenvalue weighted by molar-refractivity contribution is -0.118. The van der Waals surface area contributed by atoms with Crippen LogP contribution in [-0.2, 0) is 4.79 Å². The van der Waals surface area contributed by atoms with E-state index in [0.717, 1.165) is 5.69 Å². The lowest BCUT2D eigenvalue weighted by atomic mass is 10.2. The molecule has 0 saturated carbocycles. The fourth-order valence-electron chi connectivity index (χ4n) is 1.47. The molecule has 1 aromatic rings. The van der Waals surface area contributed by atoms with Crippen LogP contribution in [0.15, 0.2) is 18.2 Å². The third-order valence-corrected chi connectivity index (χ3v) is 2.29. The molecule has 1 aliphatic rings. The summed E-state index contributed by atoms with van der Waals surface area (Å²) in [5, 5.41) is 0. The van der Waals surface area contributed by atoms with Crippen molar-refractivity contribution >= 4 is 17.3 Å². The summed E-state index contributed by atoms with van der Waals surface area (Å²) in [5.74, 6) is 0.766. The highest BCUT2D eigenvalue weighted by Gasteiger charge is 2.19. The minimum Gasteiger partial charge on any atom is -0.491 e. The molecule has 14 heavy (non-hydrogen) atoms. The van der Waals surface area contributed by atoms with Gasteiger partial charge in [0.2, 0.25) is 5.91 Å². The number of carbonyl (C=O) groups excluding carboxylic acids is 1. The Morgan fingerprint density at radius 2 is 2.29 bits per heavy atom. The number of carbonyl (C=O) groups is 1. The Balaban J connectivity index is 2.49. The van der Waals surface area contributed by atoms with Gasteiger partial charge in [0.15, 0.2) is 0 Å². The molecule has 0 spiro atoms. The molecular formula is C10H12N2O2. The summed E-state index contributed by atoms with van der Waals surface area (Å²) in [7, 11) is 1.73. The topological polar surface area (TPSA) is 55.6 Å². The first-order valence-electron chi connectivity index (χ1n) is 4.47. The normalized spacial score (nSPS) is 15.8. The Bertz CT molecular complexity index is 376. The molecule has 0 aliphatic carbocycles. The second kappa shape index (κ2) is 3.21. The summed E-state index contributed by atoms with van der Waals surface area (Å²) in [6, 6.07) is 5.31. The van der Waals surface area contributed by atoms with Crippen molar-refractivity contribution in [2.45, 2.75) is 6.42 Å². The maximum Gasteiger partial charge on any atom is 0.230 e. The largest absolute Gasteiger partial charge is 0.491 e. The van der Waals surface area contributed by atoms with E-state index >= 15 is 0 Å². The van der Waals surface area contributed by atoms with Gasteiger partial charge in [-0.05, 0) is 18.2 Å². The van der Waals surface area contributed by atoms with E-state index in [0.29, 0.717) is 24.5 Å². The molecule has 1 amide bonds. The second-order valence-electron chi connectivity index (χ2n) is 3.28. The number of benzene rings is 1. The summed E-state index contributed by atoms with van der Waals surface area (Å²) in [6.45, 7) is 0.431. The third kappa shape index (κ3) is 1.39. The zero-order chi connectivity index (χ0) is 10.1. The quantitative estimate of drug-likeness (QED) is 0.624. The van der Waals surface area contributed by atoms with Crippen molar-refractivity contribution in [2.24, 2.45) is 0 Å². The Morgan fingerprint density at radius 3 is 3.07 bits per heavy atom. The Kier molecular flexibility index (Phi) is 2.04. The van der Waals surface area contributed by atoms with E-state index in [4.69, 9.17) is 10.5 Å². The first kappa shape index (κ1) is 8.87. The van der Waals surface area contributed by atoms with Crippen LogP contribution in [0.2, 0.25) is 0 Å². The van der Waals surface area contributed by atoms with Crippen molar-refractivity contribution in [3.8, 4) is 5.75 Å². The molecule has 4 nitrogen and oxygen atoms in total. The third-order valence-electron chi connectivity index (χ3n) is 2.29. The highest BCUT2D eigenvalue weighted by molar-refractivity contribution is 5.95. The molecule has 0 radical (unpaired) electrons. The number of anilines is 2. The predicted octanol–water partition coefficient (Wildman–Crippen LogP) is 1.01. The number of hydrogen-bond donors (Lipinski definition) is 1. The van der Waals surface area contributed by atoms with Crippen LogP contribution in [0.1, 0.15) is 6.42 Å². The number of fused-ring (bicyclic) bond motifs is 1. The molecular weight excluding hydrogens is 180 g/mol. The number of nitrogens with two attached hydrogens (primary N) is 1. The molecule has 74 valence electrons. The molecule has 0 aromatic heterocycles. The lowest BCUT2D eigenvalue weighted by Crippen LogP contribution is -2.25. The number of nitrogen functional groups attached to an aromatic ring is 1. The maximum absolute atomic E-state index is 11.5. The van der Waals surface area contributed by atoms with Crippen LogP contribution in [0.4, 0.5) is 11.4 Å². The molecule has 1 aliphatic heterocycles. The van der Waals surface area contributed by atoms with Gasteiger partial charge in [0.25, 0.3) is 0 Å². The molecule has 2 rings (SSSR count). The van der Waals surface area contributed by atoms with Crippen LogP contribution in [0.5, 0.6) is 5.75 Å². The van der Waals surface area contributed by atoms with E-state index in [2.05, 4.69) is 0 Å². The molecule has 0 fully saturated rings. The average Bonchev–Trinajstić information content (AvgIpc) is 2.30. The van der Waals surface area contributed by atoms with Crippen LogP contribution in [-0.4, -0.2) is 19.6 Å². The first-order valence-corrected chi connectivity index (χ1v) is 4.47. The summed E-state index contributed by atoms with van der Waals surface area (Å²) in [5.41, 5.74) is 7.02. The molecule has 0 saturated heterocycles. The standard InChI is InChI=1S/C10H12N2O2/c1-12-8-6-7(11)2-3-9(8)14-5-4-10(12)13/h2-3,6H,4-5,11H2,1H3. The first-order chi connectivity index (χ1) is 6.68. The lowest BCUT2D eigenvalue weighted by Gasteiger charge is -2.16. The van der Waals surface area contributed by atoms with Crippen LogP contribution >= 0.6 is 0 Å². The van der Waals surface area contributed by atoms with Crippen LogP contribution in [0.3, 0.4) is 0 Å². The van der Waals surface area contributed by atoms with Gasteiger partial charge in [-0.1, -0.05) is 0 Å². The van der Waals surface area contributed by atoms with E-state index in [1.54, 1.807) is 30.1 Å². The van der Waals surface area contributed by atoms with E-state index < -0.39 is 0 Å². The molecule has 1 heterocycles. The van der Waals surface area contributed by atoms with Crippen molar-refractivity contribution < 1.29 is 9.53 Å². The van der Waals surface area contributed by atoms with Gasteiger partial charge in [0.1, 0.15) is 5.75 Å². The highest BCUT2D eigenvalue weighted by Crippen LogP contribution is 2.31. The van der Waals surface area contributed by atoms with Crippen LogP contribution in [0, 0.1) is 0 Å². The highest BCUT2D eigenvalue weighted by atomic mass is 16.5. The smallest absolute Gasteiger partial charge is 0.230 e. The van der Waals surface area contributed by atoms with Crippen molar-refractivity contribution in [2.75, 3.05) is 24.3 Å². The molecule has 0 atom stereocenters. The number of nitrogens with zero attached hydrogens (tertiary/aromatic N) is 1. The minimum atomic E-state index is 0.0503. The van der Waals surface area contributed by atoms with Gasteiger partial charge in [0.05, 0.1) is 18.7 Å². The van der Waals surface area contributed by atoms with Crippen molar-refractivity contribution in [1.29, 1.82) is 0 Å². The molecule has 0 unspecified atom stereocenters. The van der Waals surface area contributed by atoms with Gasteiger partial charge in [-0.15, -0.1) is 0 Å². The monoisotopic (exact) mass is 192 g/mol. The number of ether oxygens (including phenoxy) is 1. The fraction of sp³-hybridized carbons (Fsp3) is 0.300. The summed E-state index contributed by atoms with van der Waals surface area (Å²) in [4.78, 5) is 13.1. The van der Waals surface area contributed by atoms with Gasteiger partial charge >= 0.3 is 0 Å². The van der Waals surface area contributed by atoms with E-state index in [1.807, 2.05) is 0 Å². The van der Waals surface area contributed by atoms with Gasteiger partial charge < -0.3 is 15.4 Å². The Morgan fingerprint density at radius 1 is 1.50 bits per heavy atom. The van der Waals surface area contributed by atoms with Crippen molar-refractivity contribution in [3.05, 3.63) is 18.2 Å². The molecule has 4 heteroatoms. The van der Waals surface area contributed by atoms with Gasteiger partial charge in [-0.25, -0.2) is 0 Å². The average molecular weight is 192 g/mol. The van der Waals surface area contributed by atoms with Gasteiger partial charge in [-0.2, -0.15) is 0 Å². The molecule has 2 N–H and O–H groups in total. The second-order valence-corrected chi connectivity index (χ2v) is 3.28. The SMILES string of the molecule is CN1C(=O)CCOc2ccc(N)cc21. The molecule has 1 aromatic carbocycles. The van der Waals surface area contributed by atoms with Crippen LogP contribution < -0.4 is 15.4 Å². The number of rotatable bonds is 0. The zero-order valence-electron chi connectivity index (χ0n) is 7.99. The van der Waals surface area contributed by atoms with Gasteiger partial charge in [-0.3, -0.25) is 4.79 Å². The van der Waals surface area contributed by atoms with E-state index in [-0.39, 0.29) is 5.91 Å². The van der Waals surface area contributed by atoms with E-state index in [1.165, 1.54) is 0 Å². The minimum absolute atomic E-state index is 0.0503. The summed E-state index contributed by atoms with van der Waals surface area (Å²) in [6.07, 6.45) is 0.408. The summed E-state index contributed by atoms with van der Waals surface area (Å²) < 4.78 is 5.43. The number of amides is 1. The van der Waals surface area contributed by atoms with Crippen molar-refractivity contribution in [3.63, 3.8) is 0 Å². The van der Waals surface area contributed by atoms with Crippen molar-refractivity contribution in [1.82, 2.24) is 0 Å². The predicted molar refractivity (Wildman–Crippen MR) is 54.4 cm³/mol. The van der Waals surface area contributed by atoms with Crippen LogP contribution in [0.25, 0.3) is 0 Å².